The second-order valence-corrected chi connectivity index (χ2v) is 3.97. The zero-order valence-corrected chi connectivity index (χ0v) is 10.6. The largest absolute Gasteiger partial charge is 0.477 e. The van der Waals surface area contributed by atoms with Crippen LogP contribution in [0.1, 0.15) is 21.9 Å². The number of nitrogens with zero attached hydrogens (tertiary/aromatic N) is 2. The fourth-order valence-corrected chi connectivity index (χ4v) is 1.44. The number of aromatic carboxylic acids is 1. The molecule has 0 radical (unpaired) electrons. The summed E-state index contributed by atoms with van der Waals surface area (Å²) < 4.78 is 4.86. The molecule has 0 atom stereocenters. The van der Waals surface area contributed by atoms with Crippen LogP contribution in [0.4, 0.5) is 10.5 Å². The first-order valence-electron chi connectivity index (χ1n) is 5.71. The van der Waals surface area contributed by atoms with Crippen molar-refractivity contribution < 1.29 is 19.2 Å². The molecule has 2 heterocycles. The van der Waals surface area contributed by atoms with E-state index in [0.717, 1.165) is 0 Å². The van der Waals surface area contributed by atoms with E-state index in [1.54, 1.807) is 13.0 Å². The van der Waals surface area contributed by atoms with Gasteiger partial charge in [-0.1, -0.05) is 5.16 Å². The third-order valence-corrected chi connectivity index (χ3v) is 2.35. The van der Waals surface area contributed by atoms with Crippen LogP contribution >= 0.6 is 0 Å². The summed E-state index contributed by atoms with van der Waals surface area (Å²) in [6.45, 7) is 1.98. The zero-order chi connectivity index (χ0) is 14.5. The van der Waals surface area contributed by atoms with Gasteiger partial charge in [0.05, 0.1) is 18.4 Å². The topological polar surface area (TPSA) is 117 Å². The number of anilines is 1. The molecule has 2 rings (SSSR count). The van der Waals surface area contributed by atoms with Gasteiger partial charge in [0, 0.05) is 6.07 Å². The summed E-state index contributed by atoms with van der Waals surface area (Å²) in [6.07, 6.45) is 1.27. The second-order valence-electron chi connectivity index (χ2n) is 3.97. The van der Waals surface area contributed by atoms with Crippen LogP contribution in [-0.4, -0.2) is 27.2 Å². The van der Waals surface area contributed by atoms with E-state index in [1.165, 1.54) is 18.3 Å². The normalized spacial score (nSPS) is 10.1. The Morgan fingerprint density at radius 1 is 1.40 bits per heavy atom. The summed E-state index contributed by atoms with van der Waals surface area (Å²) in [5.74, 6) is -0.460. The first-order chi connectivity index (χ1) is 9.54. The number of carbonyl (C=O) groups is 2. The van der Waals surface area contributed by atoms with Crippen LogP contribution in [0, 0.1) is 6.92 Å². The molecule has 0 aliphatic rings. The molecule has 0 aliphatic carbocycles. The summed E-state index contributed by atoms with van der Waals surface area (Å²) in [7, 11) is 0. The summed E-state index contributed by atoms with van der Waals surface area (Å²) in [6, 6.07) is 4.02. The van der Waals surface area contributed by atoms with E-state index in [-0.39, 0.29) is 12.2 Å². The molecular formula is C12H12N4O4. The maximum absolute atomic E-state index is 11.6. The minimum atomic E-state index is -1.12. The number of aryl methyl sites for hydroxylation is 1. The van der Waals surface area contributed by atoms with E-state index >= 15 is 0 Å². The SMILES string of the molecule is Cc1cc(CNC(=O)Nc2ccc(C(=O)O)nc2)no1. The van der Waals surface area contributed by atoms with Gasteiger partial charge in [-0.05, 0) is 19.1 Å². The Hall–Kier alpha value is -2.90. The summed E-state index contributed by atoms with van der Waals surface area (Å²) >= 11 is 0. The number of hydrogen-bond donors (Lipinski definition) is 3. The predicted octanol–water partition coefficient (Wildman–Crippen LogP) is 1.40. The molecule has 0 unspecified atom stereocenters. The molecule has 104 valence electrons. The van der Waals surface area contributed by atoms with Crippen molar-refractivity contribution in [1.82, 2.24) is 15.5 Å². The highest BCUT2D eigenvalue weighted by atomic mass is 16.5. The monoisotopic (exact) mass is 276 g/mol. The Bertz CT molecular complexity index is 621. The molecule has 0 saturated heterocycles. The highest BCUT2D eigenvalue weighted by Gasteiger charge is 2.07. The van der Waals surface area contributed by atoms with E-state index < -0.39 is 12.0 Å². The molecule has 0 saturated carbocycles. The van der Waals surface area contributed by atoms with Gasteiger partial charge < -0.3 is 20.3 Å². The third-order valence-electron chi connectivity index (χ3n) is 2.35. The lowest BCUT2D eigenvalue weighted by atomic mass is 10.3. The van der Waals surface area contributed by atoms with Gasteiger partial charge in [-0.3, -0.25) is 0 Å². The van der Waals surface area contributed by atoms with Crippen molar-refractivity contribution >= 4 is 17.7 Å². The van der Waals surface area contributed by atoms with Crippen LogP contribution in [-0.2, 0) is 6.54 Å². The van der Waals surface area contributed by atoms with Gasteiger partial charge in [-0.15, -0.1) is 0 Å². The molecular weight excluding hydrogens is 264 g/mol. The van der Waals surface area contributed by atoms with Gasteiger partial charge in [-0.2, -0.15) is 0 Å². The number of urea groups is 1. The predicted molar refractivity (Wildman–Crippen MR) is 68.3 cm³/mol. The Kier molecular flexibility index (Phi) is 3.94. The maximum atomic E-state index is 11.6. The van der Waals surface area contributed by atoms with Gasteiger partial charge in [0.25, 0.3) is 0 Å². The maximum Gasteiger partial charge on any atom is 0.354 e. The van der Waals surface area contributed by atoms with Crippen molar-refractivity contribution in [3.8, 4) is 0 Å². The van der Waals surface area contributed by atoms with Crippen molar-refractivity contribution in [3.05, 3.63) is 41.5 Å². The lowest BCUT2D eigenvalue weighted by molar-refractivity contribution is 0.0690. The summed E-state index contributed by atoms with van der Waals surface area (Å²) in [4.78, 5) is 25.9. The Morgan fingerprint density at radius 3 is 2.75 bits per heavy atom. The van der Waals surface area contributed by atoms with Crippen molar-refractivity contribution in [1.29, 1.82) is 0 Å². The smallest absolute Gasteiger partial charge is 0.354 e. The average Bonchev–Trinajstić information content (AvgIpc) is 2.83. The highest BCUT2D eigenvalue weighted by Crippen LogP contribution is 2.06. The van der Waals surface area contributed by atoms with Crippen LogP contribution in [0.3, 0.4) is 0 Å². The highest BCUT2D eigenvalue weighted by molar-refractivity contribution is 5.90. The fourth-order valence-electron chi connectivity index (χ4n) is 1.44. The second kappa shape index (κ2) is 5.83. The van der Waals surface area contributed by atoms with Crippen LogP contribution in [0.2, 0.25) is 0 Å². The number of aromatic nitrogens is 2. The number of amides is 2. The molecule has 20 heavy (non-hydrogen) atoms. The molecule has 0 aromatic carbocycles. The molecule has 0 aliphatic heterocycles. The molecule has 2 amide bonds. The quantitative estimate of drug-likeness (QED) is 0.776. The van der Waals surface area contributed by atoms with Crippen molar-refractivity contribution in [3.63, 3.8) is 0 Å². The van der Waals surface area contributed by atoms with E-state index in [9.17, 15) is 9.59 Å². The van der Waals surface area contributed by atoms with Crippen LogP contribution in [0.5, 0.6) is 0 Å². The first-order valence-corrected chi connectivity index (χ1v) is 5.71. The van der Waals surface area contributed by atoms with Crippen molar-refractivity contribution in [2.45, 2.75) is 13.5 Å². The molecule has 8 heteroatoms. The van der Waals surface area contributed by atoms with Gasteiger partial charge in [0.2, 0.25) is 0 Å². The number of carboxylic acids is 1. The molecule has 0 fully saturated rings. The standard InChI is InChI=1S/C12H12N4O4/c1-7-4-9(16-20-7)6-14-12(19)15-8-2-3-10(11(17)18)13-5-8/h2-5H,6H2,1H3,(H,17,18)(H2,14,15,19). The van der Waals surface area contributed by atoms with Crippen molar-refractivity contribution in [2.24, 2.45) is 0 Å². The summed E-state index contributed by atoms with van der Waals surface area (Å²) in [5, 5.41) is 17.5. The molecule has 0 bridgehead atoms. The molecule has 2 aromatic rings. The number of pyridine rings is 1. The van der Waals surface area contributed by atoms with Gasteiger partial charge in [0.1, 0.15) is 17.1 Å². The Labute approximate surface area is 113 Å². The lowest BCUT2D eigenvalue weighted by Gasteiger charge is -2.05. The lowest BCUT2D eigenvalue weighted by Crippen LogP contribution is -2.28. The number of rotatable bonds is 4. The van der Waals surface area contributed by atoms with Crippen molar-refractivity contribution in [2.75, 3.05) is 5.32 Å². The molecule has 0 spiro atoms. The minimum Gasteiger partial charge on any atom is -0.477 e. The van der Waals surface area contributed by atoms with Gasteiger partial charge in [-0.25, -0.2) is 14.6 Å². The number of nitrogens with one attached hydrogen (secondary N) is 2. The zero-order valence-electron chi connectivity index (χ0n) is 10.6. The third kappa shape index (κ3) is 3.55. The first kappa shape index (κ1) is 13.5. The van der Waals surface area contributed by atoms with Crippen LogP contribution in [0.25, 0.3) is 0 Å². The molecule has 3 N–H and O–H groups in total. The van der Waals surface area contributed by atoms with E-state index in [4.69, 9.17) is 9.63 Å². The van der Waals surface area contributed by atoms with E-state index in [0.29, 0.717) is 17.1 Å². The molecule has 2 aromatic heterocycles. The van der Waals surface area contributed by atoms with E-state index in [2.05, 4.69) is 20.8 Å². The van der Waals surface area contributed by atoms with Gasteiger partial charge >= 0.3 is 12.0 Å². The van der Waals surface area contributed by atoms with Crippen LogP contribution < -0.4 is 10.6 Å². The van der Waals surface area contributed by atoms with E-state index in [1.807, 2.05) is 0 Å². The number of hydrogen-bond acceptors (Lipinski definition) is 5. The molecule has 8 nitrogen and oxygen atoms in total. The average molecular weight is 276 g/mol. The van der Waals surface area contributed by atoms with Crippen LogP contribution in [0.15, 0.2) is 28.9 Å². The Balaban J connectivity index is 1.86. The summed E-state index contributed by atoms with van der Waals surface area (Å²) in [5.41, 5.74) is 0.912. The number of carbonyl (C=O) groups excluding carboxylic acids is 1. The fraction of sp³-hybridized carbons (Fsp3) is 0.167. The Morgan fingerprint density at radius 2 is 2.20 bits per heavy atom. The van der Waals surface area contributed by atoms with Gasteiger partial charge in [0.15, 0.2) is 0 Å². The minimum absolute atomic E-state index is 0.0889. The number of carboxylic acid groups (broad SMARTS) is 1.